The summed E-state index contributed by atoms with van der Waals surface area (Å²) in [5, 5.41) is 3.37. The van der Waals surface area contributed by atoms with Crippen LogP contribution in [0.1, 0.15) is 32.7 Å². The van der Waals surface area contributed by atoms with E-state index in [0.29, 0.717) is 12.2 Å². The van der Waals surface area contributed by atoms with Gasteiger partial charge in [-0.3, -0.25) is 4.79 Å². The Hall–Kier alpha value is -3.14. The van der Waals surface area contributed by atoms with E-state index in [2.05, 4.69) is 60.5 Å². The summed E-state index contributed by atoms with van der Waals surface area (Å²) in [6, 6.07) is 18.3. The number of aryl methyl sites for hydroxylation is 2. The number of amides is 1. The average Bonchev–Trinajstić information content (AvgIpc) is 2.70. The number of benzene rings is 2. The number of nitrogens with one attached hydrogen (secondary N) is 1. The van der Waals surface area contributed by atoms with Gasteiger partial charge in [0, 0.05) is 18.8 Å². The van der Waals surface area contributed by atoms with Crippen molar-refractivity contribution in [3.05, 3.63) is 88.7 Å². The van der Waals surface area contributed by atoms with Gasteiger partial charge in [-0.25, -0.2) is 4.98 Å². The molecule has 136 valence electrons. The molecule has 0 aliphatic carbocycles. The van der Waals surface area contributed by atoms with E-state index in [0.717, 1.165) is 24.3 Å². The standard InChI is InChI=1S/C23H23N3O/c1-16-7-9-21(17(2)13-16)25-20-8-10-22(24-14-20)23(27)26-12-11-18-5-3-4-6-19(18)15-26/h3-10,13-14,25H,11-12,15H2,1-2H3. The van der Waals surface area contributed by atoms with Crippen molar-refractivity contribution in [3.8, 4) is 0 Å². The van der Waals surface area contributed by atoms with E-state index in [4.69, 9.17) is 0 Å². The van der Waals surface area contributed by atoms with Gasteiger partial charge >= 0.3 is 0 Å². The highest BCUT2D eigenvalue weighted by molar-refractivity contribution is 5.92. The van der Waals surface area contributed by atoms with Crippen molar-refractivity contribution >= 4 is 17.3 Å². The van der Waals surface area contributed by atoms with Gasteiger partial charge in [-0.2, -0.15) is 0 Å². The minimum Gasteiger partial charge on any atom is -0.354 e. The van der Waals surface area contributed by atoms with Crippen LogP contribution in [0.25, 0.3) is 0 Å². The molecule has 27 heavy (non-hydrogen) atoms. The highest BCUT2D eigenvalue weighted by Gasteiger charge is 2.22. The van der Waals surface area contributed by atoms with Crippen LogP contribution in [0, 0.1) is 13.8 Å². The summed E-state index contributed by atoms with van der Waals surface area (Å²) in [5.41, 5.74) is 7.40. The third kappa shape index (κ3) is 3.70. The molecular formula is C23H23N3O. The fourth-order valence-electron chi connectivity index (χ4n) is 3.53. The van der Waals surface area contributed by atoms with Crippen molar-refractivity contribution in [1.29, 1.82) is 0 Å². The fraction of sp³-hybridized carbons (Fsp3) is 0.217. The van der Waals surface area contributed by atoms with Crippen molar-refractivity contribution < 1.29 is 4.79 Å². The monoisotopic (exact) mass is 357 g/mol. The Balaban J connectivity index is 1.47. The number of carbonyl (C=O) groups excluding carboxylic acids is 1. The second-order valence-corrected chi connectivity index (χ2v) is 7.12. The van der Waals surface area contributed by atoms with Crippen molar-refractivity contribution in [3.63, 3.8) is 0 Å². The maximum atomic E-state index is 12.8. The van der Waals surface area contributed by atoms with Crippen LogP contribution in [0.15, 0.2) is 60.8 Å². The Bertz CT molecular complexity index is 979. The molecule has 0 bridgehead atoms. The van der Waals surface area contributed by atoms with Crippen LogP contribution in [-0.4, -0.2) is 22.3 Å². The summed E-state index contributed by atoms with van der Waals surface area (Å²) in [6.45, 7) is 5.55. The first-order chi connectivity index (χ1) is 13.1. The summed E-state index contributed by atoms with van der Waals surface area (Å²) < 4.78 is 0. The first-order valence-corrected chi connectivity index (χ1v) is 9.26. The summed E-state index contributed by atoms with van der Waals surface area (Å²) >= 11 is 0. The smallest absolute Gasteiger partial charge is 0.272 e. The van der Waals surface area contributed by atoms with Gasteiger partial charge in [0.05, 0.1) is 11.9 Å². The van der Waals surface area contributed by atoms with E-state index in [-0.39, 0.29) is 5.91 Å². The number of anilines is 2. The molecule has 0 saturated heterocycles. The topological polar surface area (TPSA) is 45.2 Å². The summed E-state index contributed by atoms with van der Waals surface area (Å²) in [5.74, 6) is -0.0115. The zero-order chi connectivity index (χ0) is 18.8. The maximum Gasteiger partial charge on any atom is 0.272 e. The summed E-state index contributed by atoms with van der Waals surface area (Å²) in [6.07, 6.45) is 2.62. The molecule has 1 aliphatic rings. The van der Waals surface area contributed by atoms with Gasteiger partial charge in [-0.15, -0.1) is 0 Å². The molecule has 1 amide bonds. The molecule has 1 aliphatic heterocycles. The fourth-order valence-corrected chi connectivity index (χ4v) is 3.53. The van der Waals surface area contributed by atoms with Gasteiger partial charge in [-0.1, -0.05) is 42.0 Å². The number of aromatic nitrogens is 1. The van der Waals surface area contributed by atoms with Gasteiger partial charge < -0.3 is 10.2 Å². The molecule has 1 aromatic heterocycles. The SMILES string of the molecule is Cc1ccc(Nc2ccc(C(=O)N3CCc4ccccc4C3)nc2)c(C)c1. The number of nitrogens with zero attached hydrogens (tertiary/aromatic N) is 2. The molecule has 2 aromatic carbocycles. The van der Waals surface area contributed by atoms with Gasteiger partial charge in [0.2, 0.25) is 0 Å². The Morgan fingerprint density at radius 1 is 1.04 bits per heavy atom. The molecule has 0 fully saturated rings. The van der Waals surface area contributed by atoms with Crippen LogP contribution >= 0.6 is 0 Å². The third-order valence-electron chi connectivity index (χ3n) is 5.06. The average molecular weight is 357 g/mol. The van der Waals surface area contributed by atoms with Gasteiger partial charge in [-0.05, 0) is 55.2 Å². The van der Waals surface area contributed by atoms with Crippen molar-refractivity contribution in [2.75, 3.05) is 11.9 Å². The number of fused-ring (bicyclic) bond motifs is 1. The van der Waals surface area contributed by atoms with Gasteiger partial charge in [0.25, 0.3) is 5.91 Å². The molecule has 0 radical (unpaired) electrons. The molecule has 0 saturated carbocycles. The Kier molecular flexibility index (Phi) is 4.63. The van der Waals surface area contributed by atoms with Crippen LogP contribution in [0.4, 0.5) is 11.4 Å². The lowest BCUT2D eigenvalue weighted by Gasteiger charge is -2.28. The van der Waals surface area contributed by atoms with Gasteiger partial charge in [0.1, 0.15) is 5.69 Å². The van der Waals surface area contributed by atoms with E-state index in [1.807, 2.05) is 17.0 Å². The number of rotatable bonds is 3. The predicted molar refractivity (Wildman–Crippen MR) is 108 cm³/mol. The van der Waals surface area contributed by atoms with Crippen molar-refractivity contribution in [2.45, 2.75) is 26.8 Å². The van der Waals surface area contributed by atoms with E-state index in [1.165, 1.54) is 22.3 Å². The zero-order valence-corrected chi connectivity index (χ0v) is 15.7. The Morgan fingerprint density at radius 3 is 2.59 bits per heavy atom. The Morgan fingerprint density at radius 2 is 1.85 bits per heavy atom. The predicted octanol–water partition coefficient (Wildman–Crippen LogP) is 4.64. The first kappa shape index (κ1) is 17.3. The third-order valence-corrected chi connectivity index (χ3v) is 5.06. The number of carbonyl (C=O) groups is 1. The summed E-state index contributed by atoms with van der Waals surface area (Å²) in [7, 11) is 0. The highest BCUT2D eigenvalue weighted by atomic mass is 16.2. The maximum absolute atomic E-state index is 12.8. The van der Waals surface area contributed by atoms with E-state index < -0.39 is 0 Å². The molecule has 4 heteroatoms. The van der Waals surface area contributed by atoms with Crippen LogP contribution in [0.3, 0.4) is 0 Å². The van der Waals surface area contributed by atoms with Crippen molar-refractivity contribution in [2.24, 2.45) is 0 Å². The Labute approximate surface area is 159 Å². The largest absolute Gasteiger partial charge is 0.354 e. The first-order valence-electron chi connectivity index (χ1n) is 9.26. The van der Waals surface area contributed by atoms with Crippen LogP contribution in [0.2, 0.25) is 0 Å². The molecule has 4 rings (SSSR count). The second kappa shape index (κ2) is 7.23. The molecule has 0 spiro atoms. The molecule has 4 nitrogen and oxygen atoms in total. The molecule has 0 atom stereocenters. The van der Waals surface area contributed by atoms with Gasteiger partial charge in [0.15, 0.2) is 0 Å². The van der Waals surface area contributed by atoms with E-state index in [1.54, 1.807) is 12.3 Å². The number of hydrogen-bond acceptors (Lipinski definition) is 3. The zero-order valence-electron chi connectivity index (χ0n) is 15.7. The quantitative estimate of drug-likeness (QED) is 0.743. The van der Waals surface area contributed by atoms with Crippen LogP contribution < -0.4 is 5.32 Å². The molecule has 1 N–H and O–H groups in total. The number of pyridine rings is 1. The molecule has 0 unspecified atom stereocenters. The lowest BCUT2D eigenvalue weighted by molar-refractivity contribution is 0.0729. The molecular weight excluding hydrogens is 334 g/mol. The normalized spacial score (nSPS) is 13.2. The minimum absolute atomic E-state index is 0.0115. The molecule has 2 heterocycles. The van der Waals surface area contributed by atoms with E-state index >= 15 is 0 Å². The molecule has 3 aromatic rings. The van der Waals surface area contributed by atoms with Crippen molar-refractivity contribution in [1.82, 2.24) is 9.88 Å². The lowest BCUT2D eigenvalue weighted by atomic mass is 10.00. The van der Waals surface area contributed by atoms with Crippen LogP contribution in [-0.2, 0) is 13.0 Å². The van der Waals surface area contributed by atoms with Crippen LogP contribution in [0.5, 0.6) is 0 Å². The summed E-state index contributed by atoms with van der Waals surface area (Å²) in [4.78, 5) is 19.1. The second-order valence-electron chi connectivity index (χ2n) is 7.12. The minimum atomic E-state index is -0.0115. The lowest BCUT2D eigenvalue weighted by Crippen LogP contribution is -2.36. The number of hydrogen-bond donors (Lipinski definition) is 1. The van der Waals surface area contributed by atoms with E-state index in [9.17, 15) is 4.79 Å². The highest BCUT2D eigenvalue weighted by Crippen LogP contribution is 2.23.